The van der Waals surface area contributed by atoms with Crippen LogP contribution >= 0.6 is 27.3 Å². The average molecular weight is 314 g/mol. The molecular formula is C11H12BrN3OS. The molecular weight excluding hydrogens is 302 g/mol. The molecule has 2 aromatic heterocycles. The molecule has 6 heteroatoms. The Morgan fingerprint density at radius 1 is 1.47 bits per heavy atom. The number of halogens is 1. The molecule has 0 bridgehead atoms. The molecule has 0 radical (unpaired) electrons. The van der Waals surface area contributed by atoms with E-state index in [1.54, 1.807) is 16.0 Å². The summed E-state index contributed by atoms with van der Waals surface area (Å²) in [6.07, 6.45) is 3.15. The van der Waals surface area contributed by atoms with Crippen LogP contribution in [0.5, 0.6) is 0 Å². The van der Waals surface area contributed by atoms with Gasteiger partial charge in [-0.25, -0.2) is 9.48 Å². The monoisotopic (exact) mass is 313 g/mol. The Labute approximate surface area is 111 Å². The van der Waals surface area contributed by atoms with E-state index in [4.69, 9.17) is 0 Å². The van der Waals surface area contributed by atoms with Crippen LogP contribution in [0.15, 0.2) is 20.7 Å². The van der Waals surface area contributed by atoms with Crippen molar-refractivity contribution in [3.63, 3.8) is 0 Å². The van der Waals surface area contributed by atoms with Crippen molar-refractivity contribution >= 4 is 27.3 Å². The molecule has 0 fully saturated rings. The topological polar surface area (TPSA) is 39.8 Å². The van der Waals surface area contributed by atoms with E-state index in [0.717, 1.165) is 41.0 Å². The van der Waals surface area contributed by atoms with Crippen LogP contribution in [-0.4, -0.2) is 14.3 Å². The molecule has 3 heterocycles. The van der Waals surface area contributed by atoms with Crippen molar-refractivity contribution in [1.82, 2.24) is 14.3 Å². The first kappa shape index (κ1) is 11.2. The predicted molar refractivity (Wildman–Crippen MR) is 70.5 cm³/mol. The van der Waals surface area contributed by atoms with Crippen LogP contribution in [0.1, 0.15) is 23.5 Å². The lowest BCUT2D eigenvalue weighted by molar-refractivity contribution is 0.511. The highest BCUT2D eigenvalue weighted by Crippen LogP contribution is 2.20. The van der Waals surface area contributed by atoms with Gasteiger partial charge < -0.3 is 0 Å². The molecule has 3 rings (SSSR count). The standard InChI is InChI=1S/C11H12BrN3OS/c12-8-5-9(17-7-8)6-15-11(16)14-4-2-1-3-10(14)13-15/h5,7H,1-4,6H2. The van der Waals surface area contributed by atoms with Crippen LogP contribution in [-0.2, 0) is 19.5 Å². The van der Waals surface area contributed by atoms with Gasteiger partial charge in [0.1, 0.15) is 5.82 Å². The maximum atomic E-state index is 12.1. The van der Waals surface area contributed by atoms with Gasteiger partial charge in [-0.1, -0.05) is 0 Å². The van der Waals surface area contributed by atoms with Crippen LogP contribution in [0.25, 0.3) is 0 Å². The Hall–Kier alpha value is -0.880. The van der Waals surface area contributed by atoms with Gasteiger partial charge in [-0.15, -0.1) is 11.3 Å². The van der Waals surface area contributed by atoms with Crippen molar-refractivity contribution in [2.45, 2.75) is 32.4 Å². The maximum absolute atomic E-state index is 12.1. The molecule has 0 saturated carbocycles. The minimum atomic E-state index is 0.0317. The predicted octanol–water partition coefficient (Wildman–Crippen LogP) is 2.25. The molecule has 0 unspecified atom stereocenters. The van der Waals surface area contributed by atoms with E-state index in [-0.39, 0.29) is 5.69 Å². The molecule has 0 saturated heterocycles. The first-order chi connectivity index (χ1) is 8.24. The summed E-state index contributed by atoms with van der Waals surface area (Å²) in [6, 6.07) is 2.04. The number of fused-ring (bicyclic) bond motifs is 1. The Morgan fingerprint density at radius 2 is 2.35 bits per heavy atom. The number of aryl methyl sites for hydroxylation is 1. The zero-order valence-corrected chi connectivity index (χ0v) is 11.6. The fourth-order valence-corrected chi connectivity index (χ4v) is 3.57. The second-order valence-electron chi connectivity index (χ2n) is 4.20. The van der Waals surface area contributed by atoms with Crippen molar-refractivity contribution in [3.8, 4) is 0 Å². The van der Waals surface area contributed by atoms with Gasteiger partial charge >= 0.3 is 5.69 Å². The lowest BCUT2D eigenvalue weighted by Gasteiger charge is -2.09. The molecule has 0 aliphatic carbocycles. The molecule has 4 nitrogen and oxygen atoms in total. The molecule has 0 spiro atoms. The third kappa shape index (κ3) is 2.11. The van der Waals surface area contributed by atoms with Crippen molar-refractivity contribution in [3.05, 3.63) is 37.1 Å². The molecule has 0 aromatic carbocycles. The maximum Gasteiger partial charge on any atom is 0.346 e. The Kier molecular flexibility index (Phi) is 2.92. The van der Waals surface area contributed by atoms with E-state index in [1.807, 2.05) is 16.0 Å². The van der Waals surface area contributed by atoms with Gasteiger partial charge in [0.2, 0.25) is 0 Å². The van der Waals surface area contributed by atoms with Gasteiger partial charge in [0.15, 0.2) is 0 Å². The molecule has 1 aliphatic heterocycles. The molecule has 90 valence electrons. The Balaban J connectivity index is 1.93. The number of nitrogens with zero attached hydrogens (tertiary/aromatic N) is 3. The highest BCUT2D eigenvalue weighted by Gasteiger charge is 2.16. The molecule has 0 N–H and O–H groups in total. The number of aromatic nitrogens is 3. The normalized spacial score (nSPS) is 14.9. The molecule has 0 amide bonds. The fraction of sp³-hybridized carbons (Fsp3) is 0.455. The lowest BCUT2D eigenvalue weighted by atomic mass is 10.2. The summed E-state index contributed by atoms with van der Waals surface area (Å²) < 4.78 is 4.46. The minimum absolute atomic E-state index is 0.0317. The van der Waals surface area contributed by atoms with Gasteiger partial charge in [0, 0.05) is 27.7 Å². The second-order valence-corrected chi connectivity index (χ2v) is 6.11. The summed E-state index contributed by atoms with van der Waals surface area (Å²) in [5.74, 6) is 0.942. The quantitative estimate of drug-likeness (QED) is 0.853. The number of thiophene rings is 1. The molecule has 2 aromatic rings. The zero-order valence-electron chi connectivity index (χ0n) is 9.23. The summed E-state index contributed by atoms with van der Waals surface area (Å²) in [4.78, 5) is 13.2. The van der Waals surface area contributed by atoms with Gasteiger partial charge in [0.25, 0.3) is 0 Å². The smallest absolute Gasteiger partial charge is 0.279 e. The third-order valence-electron chi connectivity index (χ3n) is 2.96. The molecule has 1 aliphatic rings. The van der Waals surface area contributed by atoms with Gasteiger partial charge in [-0.3, -0.25) is 4.57 Å². The van der Waals surface area contributed by atoms with Crippen LogP contribution in [0, 0.1) is 0 Å². The van der Waals surface area contributed by atoms with Crippen molar-refractivity contribution < 1.29 is 0 Å². The summed E-state index contributed by atoms with van der Waals surface area (Å²) >= 11 is 5.06. The van der Waals surface area contributed by atoms with Crippen LogP contribution in [0.3, 0.4) is 0 Å². The first-order valence-electron chi connectivity index (χ1n) is 5.63. The van der Waals surface area contributed by atoms with Gasteiger partial charge in [-0.05, 0) is 34.8 Å². The largest absolute Gasteiger partial charge is 0.346 e. The minimum Gasteiger partial charge on any atom is -0.279 e. The first-order valence-corrected chi connectivity index (χ1v) is 7.31. The van der Waals surface area contributed by atoms with Crippen LogP contribution in [0.2, 0.25) is 0 Å². The van der Waals surface area contributed by atoms with Crippen LogP contribution in [0.4, 0.5) is 0 Å². The van der Waals surface area contributed by atoms with Gasteiger partial charge in [0.05, 0.1) is 6.54 Å². The number of hydrogen-bond donors (Lipinski definition) is 0. The van der Waals surface area contributed by atoms with E-state index in [2.05, 4.69) is 21.0 Å². The molecule has 0 atom stereocenters. The number of hydrogen-bond acceptors (Lipinski definition) is 3. The van der Waals surface area contributed by atoms with E-state index < -0.39 is 0 Å². The number of rotatable bonds is 2. The highest BCUT2D eigenvalue weighted by atomic mass is 79.9. The summed E-state index contributed by atoms with van der Waals surface area (Å²) in [7, 11) is 0. The van der Waals surface area contributed by atoms with E-state index >= 15 is 0 Å². The zero-order chi connectivity index (χ0) is 11.8. The van der Waals surface area contributed by atoms with E-state index in [9.17, 15) is 4.79 Å². The van der Waals surface area contributed by atoms with E-state index in [0.29, 0.717) is 6.54 Å². The average Bonchev–Trinajstić information content (AvgIpc) is 2.86. The Morgan fingerprint density at radius 3 is 3.06 bits per heavy atom. The van der Waals surface area contributed by atoms with E-state index in [1.165, 1.54) is 0 Å². The van der Waals surface area contributed by atoms with Crippen molar-refractivity contribution in [1.29, 1.82) is 0 Å². The SMILES string of the molecule is O=c1n(Cc2cc(Br)cs2)nc2n1CCCC2. The van der Waals surface area contributed by atoms with Gasteiger partial charge in [-0.2, -0.15) is 5.10 Å². The molecule has 17 heavy (non-hydrogen) atoms. The van der Waals surface area contributed by atoms with Crippen LogP contribution < -0.4 is 5.69 Å². The van der Waals surface area contributed by atoms with Crippen molar-refractivity contribution in [2.24, 2.45) is 0 Å². The summed E-state index contributed by atoms with van der Waals surface area (Å²) in [5, 5.41) is 6.44. The van der Waals surface area contributed by atoms with Crippen molar-refractivity contribution in [2.75, 3.05) is 0 Å². The summed E-state index contributed by atoms with van der Waals surface area (Å²) in [6.45, 7) is 1.40. The second kappa shape index (κ2) is 4.42. The lowest BCUT2D eigenvalue weighted by Crippen LogP contribution is -2.27. The Bertz CT molecular complexity index is 598. The fourth-order valence-electron chi connectivity index (χ4n) is 2.14. The third-order valence-corrected chi connectivity index (χ3v) is 4.64. The summed E-state index contributed by atoms with van der Waals surface area (Å²) in [5.41, 5.74) is 0.0317. The highest BCUT2D eigenvalue weighted by molar-refractivity contribution is 9.10.